The van der Waals surface area contributed by atoms with Crippen molar-refractivity contribution in [2.75, 3.05) is 13.7 Å². The molecular formula is C26H28FN5O2. The van der Waals surface area contributed by atoms with Crippen LogP contribution in [0.15, 0.2) is 65.7 Å². The first-order valence-electron chi connectivity index (χ1n) is 11.3. The van der Waals surface area contributed by atoms with Crippen LogP contribution < -0.4 is 10.1 Å². The minimum absolute atomic E-state index is 0.187. The molecule has 0 saturated carbocycles. The van der Waals surface area contributed by atoms with Crippen molar-refractivity contribution in [3.63, 3.8) is 0 Å². The largest absolute Gasteiger partial charge is 0.495 e. The van der Waals surface area contributed by atoms with Crippen LogP contribution in [0.3, 0.4) is 0 Å². The third kappa shape index (κ3) is 5.17. The second-order valence-corrected chi connectivity index (χ2v) is 8.11. The molecular weight excluding hydrogens is 433 g/mol. The number of aromatic nitrogens is 2. The Morgan fingerprint density at radius 1 is 1.21 bits per heavy atom. The number of unbranched alkanes of at least 4 members (excludes halogenated alkanes) is 1. The number of imidazole rings is 1. The van der Waals surface area contributed by atoms with Crippen molar-refractivity contribution < 1.29 is 13.9 Å². The van der Waals surface area contributed by atoms with Crippen LogP contribution in [0.4, 0.5) is 4.39 Å². The molecule has 0 atom stereocenters. The highest BCUT2D eigenvalue weighted by molar-refractivity contribution is 6.15. The average Bonchev–Trinajstić information content (AvgIpc) is 3.39. The Labute approximate surface area is 198 Å². The van der Waals surface area contributed by atoms with Gasteiger partial charge in [-0.05, 0) is 54.8 Å². The van der Waals surface area contributed by atoms with Crippen molar-refractivity contribution in [2.45, 2.75) is 33.2 Å². The van der Waals surface area contributed by atoms with E-state index in [1.54, 1.807) is 36.5 Å². The quantitative estimate of drug-likeness (QED) is 0.397. The van der Waals surface area contributed by atoms with Gasteiger partial charge in [0.05, 0.1) is 31.4 Å². The van der Waals surface area contributed by atoms with Gasteiger partial charge in [-0.15, -0.1) is 0 Å². The molecule has 176 valence electrons. The first kappa shape index (κ1) is 23.2. The molecule has 0 aliphatic carbocycles. The first-order valence-corrected chi connectivity index (χ1v) is 11.3. The molecule has 3 aromatic rings. The number of ether oxygens (including phenoxy) is 1. The summed E-state index contributed by atoms with van der Waals surface area (Å²) in [6.45, 7) is 4.94. The summed E-state index contributed by atoms with van der Waals surface area (Å²) in [5.74, 6) is 0.673. The van der Waals surface area contributed by atoms with Crippen molar-refractivity contribution in [3.8, 4) is 11.4 Å². The van der Waals surface area contributed by atoms with Gasteiger partial charge in [-0.3, -0.25) is 14.7 Å². The molecule has 1 fully saturated rings. The molecule has 1 amide bonds. The highest BCUT2D eigenvalue weighted by atomic mass is 19.1. The Morgan fingerprint density at radius 3 is 2.68 bits per heavy atom. The molecule has 2 heterocycles. The van der Waals surface area contributed by atoms with Crippen LogP contribution >= 0.6 is 0 Å². The predicted molar refractivity (Wildman–Crippen MR) is 130 cm³/mol. The lowest BCUT2D eigenvalue weighted by Crippen LogP contribution is -2.32. The van der Waals surface area contributed by atoms with E-state index >= 15 is 0 Å². The molecule has 1 N–H and O–H groups in total. The van der Waals surface area contributed by atoms with Gasteiger partial charge in [-0.2, -0.15) is 0 Å². The number of hydrogen-bond donors (Lipinski definition) is 1. The van der Waals surface area contributed by atoms with Gasteiger partial charge in [0.1, 0.15) is 17.3 Å². The highest BCUT2D eigenvalue weighted by Crippen LogP contribution is 2.26. The number of benzene rings is 2. The Kier molecular flexibility index (Phi) is 7.06. The van der Waals surface area contributed by atoms with Gasteiger partial charge in [-0.25, -0.2) is 9.37 Å². The summed E-state index contributed by atoms with van der Waals surface area (Å²) in [6.07, 6.45) is 7.38. The van der Waals surface area contributed by atoms with Crippen molar-refractivity contribution in [1.82, 2.24) is 19.8 Å². The summed E-state index contributed by atoms with van der Waals surface area (Å²) in [5.41, 5.74) is 3.82. The van der Waals surface area contributed by atoms with E-state index in [-0.39, 0.29) is 11.7 Å². The van der Waals surface area contributed by atoms with Gasteiger partial charge < -0.3 is 14.6 Å². The minimum atomic E-state index is -0.310. The average molecular weight is 462 g/mol. The van der Waals surface area contributed by atoms with Crippen LogP contribution in [0.1, 0.15) is 36.6 Å². The maximum absolute atomic E-state index is 13.3. The van der Waals surface area contributed by atoms with Crippen LogP contribution in [0.2, 0.25) is 0 Å². The van der Waals surface area contributed by atoms with Crippen molar-refractivity contribution in [1.29, 1.82) is 0 Å². The Hall–Kier alpha value is -3.94. The van der Waals surface area contributed by atoms with Crippen LogP contribution in [0, 0.1) is 12.7 Å². The molecule has 1 aliphatic heterocycles. The first-order chi connectivity index (χ1) is 16.5. The van der Waals surface area contributed by atoms with Crippen LogP contribution in [-0.2, 0) is 11.3 Å². The van der Waals surface area contributed by atoms with Gasteiger partial charge >= 0.3 is 0 Å². The van der Waals surface area contributed by atoms with Crippen molar-refractivity contribution >= 4 is 17.9 Å². The number of aryl methyl sites for hydroxylation is 1. The monoisotopic (exact) mass is 461 g/mol. The van der Waals surface area contributed by atoms with Crippen molar-refractivity contribution in [2.24, 2.45) is 4.99 Å². The van der Waals surface area contributed by atoms with Crippen LogP contribution in [0.25, 0.3) is 11.8 Å². The topological polar surface area (TPSA) is 71.7 Å². The number of amides is 1. The van der Waals surface area contributed by atoms with Crippen LogP contribution in [-0.4, -0.2) is 40.0 Å². The predicted octanol–water partition coefficient (Wildman–Crippen LogP) is 4.46. The van der Waals surface area contributed by atoms with E-state index in [4.69, 9.17) is 4.74 Å². The lowest BCUT2D eigenvalue weighted by atomic mass is 10.1. The summed E-state index contributed by atoms with van der Waals surface area (Å²) in [7, 11) is 1.61. The van der Waals surface area contributed by atoms with E-state index in [0.717, 1.165) is 35.3 Å². The number of aliphatic imine (C=N–C) groups is 1. The lowest BCUT2D eigenvalue weighted by molar-refractivity contribution is -0.122. The fourth-order valence-electron chi connectivity index (χ4n) is 3.68. The number of hydrogen-bond acceptors (Lipinski definition) is 4. The normalized spacial score (nSPS) is 15.9. The van der Waals surface area contributed by atoms with Gasteiger partial charge in [-0.1, -0.05) is 31.5 Å². The Bertz CT molecular complexity index is 1230. The summed E-state index contributed by atoms with van der Waals surface area (Å²) in [5, 5.41) is 3.17. The molecule has 0 spiro atoms. The molecule has 2 aromatic carbocycles. The molecule has 0 radical (unpaired) electrons. The Morgan fingerprint density at radius 2 is 2.00 bits per heavy atom. The number of halogens is 1. The smallest absolute Gasteiger partial charge is 0.277 e. The van der Waals surface area contributed by atoms with Gasteiger partial charge in [0.25, 0.3) is 5.91 Å². The second-order valence-electron chi connectivity index (χ2n) is 8.11. The molecule has 7 nitrogen and oxygen atoms in total. The summed E-state index contributed by atoms with van der Waals surface area (Å²) in [4.78, 5) is 23.7. The fraction of sp³-hybridized carbons (Fsp3) is 0.269. The number of rotatable bonds is 8. The summed E-state index contributed by atoms with van der Waals surface area (Å²) < 4.78 is 20.8. The van der Waals surface area contributed by atoms with E-state index in [0.29, 0.717) is 30.5 Å². The van der Waals surface area contributed by atoms with Gasteiger partial charge in [0, 0.05) is 12.7 Å². The fourth-order valence-corrected chi connectivity index (χ4v) is 3.68. The van der Waals surface area contributed by atoms with Gasteiger partial charge in [0.2, 0.25) is 5.96 Å². The van der Waals surface area contributed by atoms with Gasteiger partial charge in [0.15, 0.2) is 0 Å². The van der Waals surface area contributed by atoms with Crippen LogP contribution in [0.5, 0.6) is 5.75 Å². The molecule has 1 aliphatic rings. The SMILES string of the molecule is CCCCN=C1N/C(=C/c2ccc(-n3cnc(C)c3)c(OC)c2)C(=O)N1Cc1ccc(F)cc1. The maximum atomic E-state index is 13.3. The maximum Gasteiger partial charge on any atom is 0.277 e. The number of carbonyl (C=O) groups is 1. The molecule has 0 unspecified atom stereocenters. The third-order valence-corrected chi connectivity index (χ3v) is 5.51. The summed E-state index contributed by atoms with van der Waals surface area (Å²) in [6, 6.07) is 11.9. The van der Waals surface area contributed by atoms with E-state index in [2.05, 4.69) is 22.2 Å². The lowest BCUT2D eigenvalue weighted by Gasteiger charge is -2.15. The standard InChI is InChI=1S/C26H28FN5O2/c1-4-5-12-28-26-30-22(25(33)32(26)16-19-6-9-21(27)10-7-19)13-20-8-11-23(24(14-20)34-3)31-15-18(2)29-17-31/h6-11,13-15,17H,4-5,12,16H2,1-3H3,(H,28,30)/b22-13+. The number of nitrogens with one attached hydrogen (secondary N) is 1. The van der Waals surface area contributed by atoms with E-state index in [9.17, 15) is 9.18 Å². The number of guanidine groups is 1. The molecule has 0 bridgehead atoms. The van der Waals surface area contributed by atoms with Crippen molar-refractivity contribution in [3.05, 3.63) is 83.3 Å². The number of methoxy groups -OCH3 is 1. The highest BCUT2D eigenvalue weighted by Gasteiger charge is 2.32. The van der Waals surface area contributed by atoms with E-state index in [1.165, 1.54) is 12.1 Å². The minimum Gasteiger partial charge on any atom is -0.495 e. The third-order valence-electron chi connectivity index (χ3n) is 5.51. The molecule has 34 heavy (non-hydrogen) atoms. The molecule has 1 saturated heterocycles. The molecule has 8 heteroatoms. The second kappa shape index (κ2) is 10.3. The zero-order chi connectivity index (χ0) is 24.1. The Balaban J connectivity index is 1.62. The molecule has 4 rings (SSSR count). The summed E-state index contributed by atoms with van der Waals surface area (Å²) >= 11 is 0. The van der Waals surface area contributed by atoms with E-state index < -0.39 is 0 Å². The zero-order valence-electron chi connectivity index (χ0n) is 19.6. The van der Waals surface area contributed by atoms with E-state index in [1.807, 2.05) is 35.9 Å². The molecule has 1 aromatic heterocycles. The number of nitrogens with zero attached hydrogens (tertiary/aromatic N) is 4. The zero-order valence-corrected chi connectivity index (χ0v) is 19.6. The number of carbonyl (C=O) groups excluding carboxylic acids is 1.